The molecule has 0 aliphatic rings. The second-order valence-electron chi connectivity index (χ2n) is 4.17. The van der Waals surface area contributed by atoms with Gasteiger partial charge in [0, 0.05) is 12.6 Å². The van der Waals surface area contributed by atoms with E-state index >= 15 is 0 Å². The van der Waals surface area contributed by atoms with Crippen LogP contribution in [0.1, 0.15) is 40.0 Å². The van der Waals surface area contributed by atoms with Crippen molar-refractivity contribution in [2.75, 3.05) is 20.1 Å². The molecule has 0 aliphatic carbocycles. The van der Waals surface area contributed by atoms with Crippen molar-refractivity contribution in [1.29, 1.82) is 0 Å². The topological polar surface area (TPSA) is 29.3 Å². The van der Waals surface area contributed by atoms with Gasteiger partial charge in [0.25, 0.3) is 0 Å². The van der Waals surface area contributed by atoms with Crippen LogP contribution in [-0.2, 0) is 0 Å². The van der Waals surface area contributed by atoms with E-state index in [1.165, 1.54) is 25.8 Å². The molecule has 2 N–H and O–H groups in total. The molecule has 0 rings (SSSR count). The zero-order chi connectivity index (χ0) is 10.3. The van der Waals surface area contributed by atoms with Crippen LogP contribution in [0.15, 0.2) is 0 Å². The second-order valence-corrected chi connectivity index (χ2v) is 4.17. The fraction of sp³-hybridized carbons (Fsp3) is 1.00. The van der Waals surface area contributed by atoms with E-state index in [-0.39, 0.29) is 0 Å². The van der Waals surface area contributed by atoms with E-state index in [2.05, 4.69) is 32.7 Å². The van der Waals surface area contributed by atoms with Crippen LogP contribution in [0.5, 0.6) is 0 Å². The average Bonchev–Trinajstić information content (AvgIpc) is 2.13. The highest BCUT2D eigenvalue weighted by atomic mass is 15.1. The van der Waals surface area contributed by atoms with Gasteiger partial charge in [0.05, 0.1) is 0 Å². The molecule has 0 aromatic carbocycles. The molecule has 0 aromatic rings. The van der Waals surface area contributed by atoms with Crippen molar-refractivity contribution in [1.82, 2.24) is 4.90 Å². The zero-order valence-corrected chi connectivity index (χ0v) is 9.71. The van der Waals surface area contributed by atoms with Gasteiger partial charge < -0.3 is 10.6 Å². The first kappa shape index (κ1) is 12.9. The fourth-order valence-electron chi connectivity index (χ4n) is 1.36. The van der Waals surface area contributed by atoms with Crippen molar-refractivity contribution in [3.63, 3.8) is 0 Å². The first-order chi connectivity index (χ1) is 6.11. The van der Waals surface area contributed by atoms with Crippen LogP contribution in [-0.4, -0.2) is 31.1 Å². The molecule has 0 aromatic heterocycles. The maximum Gasteiger partial charge on any atom is 0.0193 e. The summed E-state index contributed by atoms with van der Waals surface area (Å²) in [5.74, 6) is 0.643. The molecule has 13 heavy (non-hydrogen) atoms. The van der Waals surface area contributed by atoms with E-state index in [9.17, 15) is 0 Å². The van der Waals surface area contributed by atoms with E-state index in [4.69, 9.17) is 5.73 Å². The summed E-state index contributed by atoms with van der Waals surface area (Å²) >= 11 is 0. The van der Waals surface area contributed by atoms with Crippen molar-refractivity contribution >= 4 is 0 Å². The highest BCUT2D eigenvalue weighted by Gasteiger charge is 2.12. The van der Waals surface area contributed by atoms with Gasteiger partial charge in [-0.2, -0.15) is 0 Å². The van der Waals surface area contributed by atoms with Gasteiger partial charge in [-0.1, -0.05) is 33.6 Å². The van der Waals surface area contributed by atoms with Crippen molar-refractivity contribution in [3.05, 3.63) is 0 Å². The maximum atomic E-state index is 6.06. The van der Waals surface area contributed by atoms with Crippen molar-refractivity contribution in [3.8, 4) is 0 Å². The number of rotatable bonds is 7. The van der Waals surface area contributed by atoms with Gasteiger partial charge in [0.1, 0.15) is 0 Å². The van der Waals surface area contributed by atoms with Crippen LogP contribution in [0.25, 0.3) is 0 Å². The van der Waals surface area contributed by atoms with Gasteiger partial charge in [-0.25, -0.2) is 0 Å². The number of hydrogen-bond donors (Lipinski definition) is 1. The molecule has 0 bridgehead atoms. The van der Waals surface area contributed by atoms with Crippen molar-refractivity contribution < 1.29 is 0 Å². The molecular formula is C11H26N2. The van der Waals surface area contributed by atoms with Crippen molar-refractivity contribution in [2.45, 2.75) is 46.1 Å². The Balaban J connectivity index is 3.57. The van der Waals surface area contributed by atoms with Gasteiger partial charge in [0.15, 0.2) is 0 Å². The van der Waals surface area contributed by atoms with E-state index in [0.717, 1.165) is 6.54 Å². The molecule has 0 fully saturated rings. The second kappa shape index (κ2) is 7.34. The Kier molecular flexibility index (Phi) is 7.29. The minimum absolute atomic E-state index is 0.340. The molecule has 80 valence electrons. The molecule has 0 spiro atoms. The van der Waals surface area contributed by atoms with Crippen LogP contribution in [0.2, 0.25) is 0 Å². The van der Waals surface area contributed by atoms with E-state index < -0.39 is 0 Å². The van der Waals surface area contributed by atoms with Crippen LogP contribution in [0, 0.1) is 5.92 Å². The molecule has 0 saturated heterocycles. The lowest BCUT2D eigenvalue weighted by Gasteiger charge is -2.24. The van der Waals surface area contributed by atoms with Crippen LogP contribution in [0.3, 0.4) is 0 Å². The monoisotopic (exact) mass is 186 g/mol. The average molecular weight is 186 g/mol. The third-order valence-corrected chi connectivity index (χ3v) is 2.79. The summed E-state index contributed by atoms with van der Waals surface area (Å²) in [5.41, 5.74) is 6.06. The Bertz CT molecular complexity index is 115. The fourth-order valence-corrected chi connectivity index (χ4v) is 1.36. The maximum absolute atomic E-state index is 6.06. The first-order valence-corrected chi connectivity index (χ1v) is 5.55. The normalized spacial score (nSPS) is 16.2. The Labute approximate surface area is 83.5 Å². The molecule has 0 radical (unpaired) electrons. The number of nitrogens with zero attached hydrogens (tertiary/aromatic N) is 1. The Morgan fingerprint density at radius 3 is 2.38 bits per heavy atom. The summed E-state index contributed by atoms with van der Waals surface area (Å²) in [6, 6.07) is 0.340. The lowest BCUT2D eigenvalue weighted by molar-refractivity contribution is 0.270. The highest BCUT2D eigenvalue weighted by molar-refractivity contribution is 4.71. The van der Waals surface area contributed by atoms with Crippen LogP contribution in [0.4, 0.5) is 0 Å². The molecule has 2 heteroatoms. The smallest absolute Gasteiger partial charge is 0.0193 e. The third kappa shape index (κ3) is 6.05. The van der Waals surface area contributed by atoms with Gasteiger partial charge in [-0.3, -0.25) is 0 Å². The molecule has 2 atom stereocenters. The molecule has 0 heterocycles. The summed E-state index contributed by atoms with van der Waals surface area (Å²) in [4.78, 5) is 2.35. The van der Waals surface area contributed by atoms with Crippen molar-refractivity contribution in [2.24, 2.45) is 11.7 Å². The number of unbranched alkanes of at least 4 members (excludes halogenated alkanes) is 1. The lowest BCUT2D eigenvalue weighted by Crippen LogP contribution is -2.39. The number of likely N-dealkylation sites (N-methyl/N-ethyl adjacent to an activating group) is 1. The van der Waals surface area contributed by atoms with Gasteiger partial charge in [-0.15, -0.1) is 0 Å². The SMILES string of the molecule is CCCCN(C)C[C@@H](N)C(C)CC. The van der Waals surface area contributed by atoms with Crippen LogP contribution >= 0.6 is 0 Å². The number of hydrogen-bond acceptors (Lipinski definition) is 2. The number of nitrogens with two attached hydrogens (primary N) is 1. The zero-order valence-electron chi connectivity index (χ0n) is 9.71. The molecule has 1 unspecified atom stereocenters. The molecular weight excluding hydrogens is 160 g/mol. The summed E-state index contributed by atoms with van der Waals surface area (Å²) < 4.78 is 0. The summed E-state index contributed by atoms with van der Waals surface area (Å²) in [6.45, 7) is 8.88. The molecule has 2 nitrogen and oxygen atoms in total. The summed E-state index contributed by atoms with van der Waals surface area (Å²) in [6.07, 6.45) is 3.73. The van der Waals surface area contributed by atoms with E-state index in [0.29, 0.717) is 12.0 Å². The highest BCUT2D eigenvalue weighted by Crippen LogP contribution is 2.06. The van der Waals surface area contributed by atoms with E-state index in [1.807, 2.05) is 0 Å². The quantitative estimate of drug-likeness (QED) is 0.659. The van der Waals surface area contributed by atoms with E-state index in [1.54, 1.807) is 0 Å². The minimum atomic E-state index is 0.340. The molecule has 0 aliphatic heterocycles. The Morgan fingerprint density at radius 2 is 1.92 bits per heavy atom. The standard InChI is InChI=1S/C11H26N2/c1-5-7-8-13(4)9-11(12)10(3)6-2/h10-11H,5-9,12H2,1-4H3/t10?,11-/m1/s1. The largest absolute Gasteiger partial charge is 0.326 e. The summed E-state index contributed by atoms with van der Waals surface area (Å²) in [7, 11) is 2.16. The molecule has 0 saturated carbocycles. The van der Waals surface area contributed by atoms with Gasteiger partial charge >= 0.3 is 0 Å². The molecule has 0 amide bonds. The predicted octanol–water partition coefficient (Wildman–Crippen LogP) is 2.09. The summed E-state index contributed by atoms with van der Waals surface area (Å²) in [5, 5.41) is 0. The lowest BCUT2D eigenvalue weighted by atomic mass is 10.00. The third-order valence-electron chi connectivity index (χ3n) is 2.79. The first-order valence-electron chi connectivity index (χ1n) is 5.55. The minimum Gasteiger partial charge on any atom is -0.326 e. The van der Waals surface area contributed by atoms with Crippen LogP contribution < -0.4 is 5.73 Å². The Morgan fingerprint density at radius 1 is 1.31 bits per heavy atom. The predicted molar refractivity (Wildman–Crippen MR) is 59.8 cm³/mol. The Hall–Kier alpha value is -0.0800. The van der Waals surface area contributed by atoms with Gasteiger partial charge in [0.2, 0.25) is 0 Å². The van der Waals surface area contributed by atoms with Gasteiger partial charge in [-0.05, 0) is 25.9 Å².